The van der Waals surface area contributed by atoms with Gasteiger partial charge >= 0.3 is 0 Å². The predicted molar refractivity (Wildman–Crippen MR) is 95.7 cm³/mol. The number of para-hydroxylation sites is 2. The number of carbonyl (C=O) groups is 1. The Hall–Kier alpha value is -2.86. The van der Waals surface area contributed by atoms with Gasteiger partial charge in [-0.15, -0.1) is 0 Å². The van der Waals surface area contributed by atoms with Gasteiger partial charge in [0.05, 0.1) is 5.69 Å². The number of amides is 1. The van der Waals surface area contributed by atoms with Crippen molar-refractivity contribution >= 4 is 17.2 Å². The van der Waals surface area contributed by atoms with Crippen LogP contribution in [0.1, 0.15) is 5.56 Å². The molecule has 3 aromatic rings. The van der Waals surface area contributed by atoms with E-state index in [2.05, 4.69) is 15.7 Å². The van der Waals surface area contributed by atoms with E-state index in [4.69, 9.17) is 9.47 Å². The summed E-state index contributed by atoms with van der Waals surface area (Å²) in [5.41, 5.74) is 2.97. The number of nitrogens with one attached hydrogen (secondary N) is 1. The van der Waals surface area contributed by atoms with Gasteiger partial charge in [-0.25, -0.2) is 0 Å². The minimum Gasteiger partial charge on any atom is -0.485 e. The van der Waals surface area contributed by atoms with E-state index in [9.17, 15) is 4.79 Å². The van der Waals surface area contributed by atoms with Crippen LogP contribution in [-0.4, -0.2) is 23.6 Å². The standard InChI is InChI=1S/C19H16N2O3S/c22-19(18-11-23-16-3-1-2-4-17(16)24-18)21-10-13-5-7-20-15(9-13)14-6-8-25-12-14/h1-9,12,18H,10-11H2,(H,21,22)/t18-/m1/s1. The van der Waals surface area contributed by atoms with E-state index in [0.717, 1.165) is 16.8 Å². The van der Waals surface area contributed by atoms with Crippen molar-refractivity contribution in [2.45, 2.75) is 12.6 Å². The van der Waals surface area contributed by atoms with Gasteiger partial charge < -0.3 is 14.8 Å². The largest absolute Gasteiger partial charge is 0.485 e. The Balaban J connectivity index is 1.39. The molecule has 2 aromatic heterocycles. The summed E-state index contributed by atoms with van der Waals surface area (Å²) < 4.78 is 11.3. The van der Waals surface area contributed by atoms with Gasteiger partial charge in [0.1, 0.15) is 6.61 Å². The van der Waals surface area contributed by atoms with Crippen LogP contribution < -0.4 is 14.8 Å². The first-order valence-electron chi connectivity index (χ1n) is 7.93. The Morgan fingerprint density at radius 1 is 1.24 bits per heavy atom. The summed E-state index contributed by atoms with van der Waals surface area (Å²) in [4.78, 5) is 16.7. The average molecular weight is 352 g/mol. The molecule has 0 spiro atoms. The Morgan fingerprint density at radius 3 is 2.96 bits per heavy atom. The summed E-state index contributed by atoms with van der Waals surface area (Å²) in [6.45, 7) is 0.624. The molecule has 1 N–H and O–H groups in total. The maximum atomic E-state index is 12.4. The van der Waals surface area contributed by atoms with Gasteiger partial charge in [0.15, 0.2) is 11.5 Å². The number of ether oxygens (including phenoxy) is 2. The second kappa shape index (κ2) is 6.94. The third-order valence-corrected chi connectivity index (χ3v) is 4.59. The lowest BCUT2D eigenvalue weighted by molar-refractivity contribution is -0.130. The number of aromatic nitrogens is 1. The molecule has 0 aliphatic carbocycles. The highest BCUT2D eigenvalue weighted by atomic mass is 32.1. The van der Waals surface area contributed by atoms with Crippen LogP contribution in [-0.2, 0) is 11.3 Å². The molecular weight excluding hydrogens is 336 g/mol. The summed E-state index contributed by atoms with van der Waals surface area (Å²) in [6, 6.07) is 13.2. The molecule has 0 bridgehead atoms. The first-order valence-corrected chi connectivity index (χ1v) is 8.87. The fraction of sp³-hybridized carbons (Fsp3) is 0.158. The third kappa shape index (κ3) is 3.49. The smallest absolute Gasteiger partial charge is 0.264 e. The van der Waals surface area contributed by atoms with Gasteiger partial charge in [-0.05, 0) is 41.3 Å². The summed E-state index contributed by atoms with van der Waals surface area (Å²) in [5.74, 6) is 1.07. The zero-order valence-corrected chi connectivity index (χ0v) is 14.2. The Morgan fingerprint density at radius 2 is 2.12 bits per heavy atom. The zero-order valence-electron chi connectivity index (χ0n) is 13.3. The summed E-state index contributed by atoms with van der Waals surface area (Å²) in [7, 11) is 0. The fourth-order valence-corrected chi connectivity index (χ4v) is 3.25. The minimum absolute atomic E-state index is 0.191. The number of hydrogen-bond donors (Lipinski definition) is 1. The van der Waals surface area contributed by atoms with Crippen LogP contribution in [0.5, 0.6) is 11.5 Å². The average Bonchev–Trinajstić information content (AvgIpc) is 3.21. The topological polar surface area (TPSA) is 60.5 Å². The summed E-state index contributed by atoms with van der Waals surface area (Å²) >= 11 is 1.63. The van der Waals surface area contributed by atoms with Gasteiger partial charge in [-0.2, -0.15) is 11.3 Å². The van der Waals surface area contributed by atoms with E-state index >= 15 is 0 Å². The molecular formula is C19H16N2O3S. The molecule has 0 unspecified atom stereocenters. The number of benzene rings is 1. The van der Waals surface area contributed by atoms with E-state index in [1.165, 1.54) is 0 Å². The van der Waals surface area contributed by atoms with E-state index in [1.54, 1.807) is 23.6 Å². The molecule has 0 saturated heterocycles. The molecule has 0 saturated carbocycles. The van der Waals surface area contributed by atoms with Crippen LogP contribution in [0.25, 0.3) is 11.3 Å². The van der Waals surface area contributed by atoms with Crippen molar-refractivity contribution < 1.29 is 14.3 Å². The number of carbonyl (C=O) groups excluding carboxylic acids is 1. The first kappa shape index (κ1) is 15.7. The van der Waals surface area contributed by atoms with Crippen molar-refractivity contribution in [2.75, 3.05) is 6.61 Å². The molecule has 1 atom stereocenters. The highest BCUT2D eigenvalue weighted by molar-refractivity contribution is 7.08. The van der Waals surface area contributed by atoms with Crippen LogP contribution in [0.15, 0.2) is 59.4 Å². The van der Waals surface area contributed by atoms with Crippen molar-refractivity contribution in [1.82, 2.24) is 10.3 Å². The molecule has 3 heterocycles. The molecule has 1 amide bonds. The van der Waals surface area contributed by atoms with Crippen LogP contribution in [0.2, 0.25) is 0 Å². The second-order valence-electron chi connectivity index (χ2n) is 5.64. The van der Waals surface area contributed by atoms with E-state index < -0.39 is 6.10 Å². The number of nitrogens with zero attached hydrogens (tertiary/aromatic N) is 1. The van der Waals surface area contributed by atoms with E-state index in [0.29, 0.717) is 18.0 Å². The lowest BCUT2D eigenvalue weighted by atomic mass is 10.1. The first-order chi connectivity index (χ1) is 12.3. The van der Waals surface area contributed by atoms with Gasteiger partial charge in [0.25, 0.3) is 5.91 Å². The number of pyridine rings is 1. The van der Waals surface area contributed by atoms with Gasteiger partial charge in [-0.1, -0.05) is 12.1 Å². The molecule has 0 radical (unpaired) electrons. The molecule has 1 aliphatic heterocycles. The normalized spacial score (nSPS) is 15.6. The number of rotatable bonds is 4. The predicted octanol–water partition coefficient (Wildman–Crippen LogP) is 3.27. The second-order valence-corrected chi connectivity index (χ2v) is 6.42. The summed E-state index contributed by atoms with van der Waals surface area (Å²) in [5, 5.41) is 6.97. The van der Waals surface area contributed by atoms with Crippen LogP contribution >= 0.6 is 11.3 Å². The maximum Gasteiger partial charge on any atom is 0.264 e. The number of hydrogen-bond acceptors (Lipinski definition) is 5. The molecule has 1 aliphatic rings. The lowest BCUT2D eigenvalue weighted by Crippen LogP contribution is -2.43. The van der Waals surface area contributed by atoms with Crippen molar-refractivity contribution in [1.29, 1.82) is 0 Å². The van der Waals surface area contributed by atoms with Crippen LogP contribution in [0.3, 0.4) is 0 Å². The number of thiophene rings is 1. The lowest BCUT2D eigenvalue weighted by Gasteiger charge is -2.25. The van der Waals surface area contributed by atoms with Crippen molar-refractivity contribution in [3.63, 3.8) is 0 Å². The highest BCUT2D eigenvalue weighted by Crippen LogP contribution is 2.30. The Bertz CT molecular complexity index is 880. The van der Waals surface area contributed by atoms with Gasteiger partial charge in [0.2, 0.25) is 6.10 Å². The van der Waals surface area contributed by atoms with Crippen molar-refractivity contribution in [3.8, 4) is 22.8 Å². The molecule has 126 valence electrons. The number of fused-ring (bicyclic) bond motifs is 1. The molecule has 5 nitrogen and oxygen atoms in total. The molecule has 0 fully saturated rings. The van der Waals surface area contributed by atoms with Crippen molar-refractivity contribution in [3.05, 3.63) is 65.0 Å². The Kier molecular flexibility index (Phi) is 4.35. The molecule has 1 aromatic carbocycles. The van der Waals surface area contributed by atoms with E-state index in [-0.39, 0.29) is 12.5 Å². The molecule has 6 heteroatoms. The van der Waals surface area contributed by atoms with Crippen LogP contribution in [0, 0.1) is 0 Å². The summed E-state index contributed by atoms with van der Waals surface area (Å²) in [6.07, 6.45) is 1.11. The van der Waals surface area contributed by atoms with Crippen molar-refractivity contribution in [2.24, 2.45) is 0 Å². The monoisotopic (exact) mass is 352 g/mol. The van der Waals surface area contributed by atoms with Gasteiger partial charge in [0, 0.05) is 23.7 Å². The molecule has 25 heavy (non-hydrogen) atoms. The van der Waals surface area contributed by atoms with Gasteiger partial charge in [-0.3, -0.25) is 9.78 Å². The third-order valence-electron chi connectivity index (χ3n) is 3.91. The highest BCUT2D eigenvalue weighted by Gasteiger charge is 2.26. The molecule has 4 rings (SSSR count). The SMILES string of the molecule is O=C(NCc1ccnc(-c2ccsc2)c1)[C@H]1COc2ccccc2O1. The fourth-order valence-electron chi connectivity index (χ4n) is 2.60. The zero-order chi connectivity index (χ0) is 17.1. The quantitative estimate of drug-likeness (QED) is 0.783. The van der Waals surface area contributed by atoms with Crippen LogP contribution in [0.4, 0.5) is 0 Å². The maximum absolute atomic E-state index is 12.4. The minimum atomic E-state index is -0.645. The Labute approximate surface area is 149 Å². The van der Waals surface area contributed by atoms with E-state index in [1.807, 2.05) is 41.8 Å².